The van der Waals surface area contributed by atoms with Crippen molar-refractivity contribution in [2.75, 3.05) is 44.2 Å². The number of fused-ring (bicyclic) bond motifs is 4. The number of anilines is 12. The molecule has 622 valence electrons. The quantitative estimate of drug-likeness (QED) is 0.0417. The van der Waals surface area contributed by atoms with Gasteiger partial charge in [-0.15, -0.1) is 0 Å². The zero-order valence-electron chi connectivity index (χ0n) is 61.2. The molecular weight excluding hydrogens is 1680 g/mol. The molecule has 0 aliphatic heterocycles. The van der Waals surface area contributed by atoms with E-state index in [-0.39, 0.29) is 122 Å². The number of aryl methyl sites for hydroxylation is 4. The first-order valence-electron chi connectivity index (χ1n) is 33.9. The molecule has 30 nitrogen and oxygen atoms in total. The Labute approximate surface area is 674 Å². The van der Waals surface area contributed by atoms with Gasteiger partial charge in [-0.3, -0.25) is 18.3 Å². The van der Waals surface area contributed by atoms with E-state index in [4.69, 9.17) is 46.1 Å². The molecule has 121 heavy (non-hydrogen) atoms. The number of nitrogens with two attached hydrogens (primary N) is 4. The number of halogens is 19. The second-order valence-electron chi connectivity index (χ2n) is 24.8. The summed E-state index contributed by atoms with van der Waals surface area (Å²) >= 11 is 12.2. The lowest BCUT2D eigenvalue weighted by molar-refractivity contribution is -0.138. The van der Waals surface area contributed by atoms with Crippen LogP contribution in [0.25, 0.3) is 67.9 Å². The summed E-state index contributed by atoms with van der Waals surface area (Å²) in [6, 6.07) is 26.4. The Balaban J connectivity index is 0.000000139. The van der Waals surface area contributed by atoms with Gasteiger partial charge in [0.05, 0.1) is 65.3 Å². The van der Waals surface area contributed by atoms with Crippen molar-refractivity contribution in [1.82, 2.24) is 98.0 Å². The molecule has 0 aliphatic rings. The summed E-state index contributed by atoms with van der Waals surface area (Å²) in [5.74, 6) is -7.05. The van der Waals surface area contributed by atoms with Crippen molar-refractivity contribution < 1.29 is 84.1 Å². The number of hydrogen-bond acceptors (Lipinski definition) is 26. The molecule has 0 fully saturated rings. The molecule has 0 radical (unpaired) electrons. The predicted octanol–water partition coefficient (Wildman–Crippen LogP) is 16.9. The van der Waals surface area contributed by atoms with E-state index in [1.54, 1.807) is 44.4 Å². The fraction of sp³-hybridized carbons (Fsp3) is 0.111. The Hall–Kier alpha value is -14.9. The molecule has 0 bridgehead atoms. The minimum Gasteiger partial charge on any atom is -0.435 e. The lowest BCUT2D eigenvalue weighted by Gasteiger charge is -2.11. The molecule has 0 saturated heterocycles. The van der Waals surface area contributed by atoms with Crippen molar-refractivity contribution in [3.05, 3.63) is 225 Å². The monoisotopic (exact) mass is 1730 g/mol. The van der Waals surface area contributed by atoms with Gasteiger partial charge in [-0.05, 0) is 125 Å². The first-order chi connectivity index (χ1) is 57.2. The van der Waals surface area contributed by atoms with Crippen LogP contribution in [0.15, 0.2) is 140 Å². The van der Waals surface area contributed by atoms with Gasteiger partial charge in [-0.2, -0.15) is 104 Å². The predicted molar refractivity (Wildman–Crippen MR) is 406 cm³/mol. The molecule has 12 N–H and O–H groups in total. The van der Waals surface area contributed by atoms with E-state index in [0.717, 1.165) is 72.8 Å². The van der Waals surface area contributed by atoms with Crippen molar-refractivity contribution in [3.8, 4) is 35.3 Å². The van der Waals surface area contributed by atoms with E-state index < -0.39 is 83.2 Å². The molecule has 49 heteroatoms. The fourth-order valence-electron chi connectivity index (χ4n) is 11.4. The number of rotatable bonds is 16. The van der Waals surface area contributed by atoms with Crippen molar-refractivity contribution in [2.45, 2.75) is 53.3 Å². The van der Waals surface area contributed by atoms with Crippen LogP contribution in [-0.4, -0.2) is 111 Å². The van der Waals surface area contributed by atoms with Gasteiger partial charge in [0, 0.05) is 65.2 Å². The third kappa shape index (κ3) is 19.4. The fourth-order valence-corrected chi connectivity index (χ4v) is 11.7. The maximum atomic E-state index is 13.9. The van der Waals surface area contributed by atoms with Crippen molar-refractivity contribution in [2.24, 2.45) is 0 Å². The maximum absolute atomic E-state index is 13.9. The minimum atomic E-state index is -4.46. The van der Waals surface area contributed by atoms with Gasteiger partial charge >= 0.3 is 25.6 Å². The second-order valence-corrected chi connectivity index (χ2v) is 25.7. The number of hydrogen-bond donors (Lipinski definition) is 8. The van der Waals surface area contributed by atoms with E-state index in [1.165, 1.54) is 68.3 Å². The molecule has 0 unspecified atom stereocenters. The number of benzene rings is 8. The summed E-state index contributed by atoms with van der Waals surface area (Å²) in [7, 11) is 0. The lowest BCUT2D eigenvalue weighted by atomic mass is 10.2. The van der Waals surface area contributed by atoms with Crippen LogP contribution in [0.1, 0.15) is 34.4 Å². The van der Waals surface area contributed by atoms with Crippen molar-refractivity contribution in [3.63, 3.8) is 0 Å². The largest absolute Gasteiger partial charge is 0.435 e. The highest BCUT2D eigenvalue weighted by Crippen LogP contribution is 2.36. The molecule has 0 amide bonds. The molecule has 8 aromatic heterocycles. The summed E-state index contributed by atoms with van der Waals surface area (Å²) in [5, 5.41) is 11.8. The van der Waals surface area contributed by atoms with Crippen LogP contribution in [0.3, 0.4) is 0 Å². The number of imidazole rings is 4. The van der Waals surface area contributed by atoms with Crippen LogP contribution in [0, 0.1) is 68.4 Å². The number of nitrogen functional groups attached to an aromatic ring is 4. The third-order valence-electron chi connectivity index (χ3n) is 16.5. The number of ether oxygens (including phenoxy) is 2. The van der Waals surface area contributed by atoms with E-state index in [0.29, 0.717) is 55.8 Å². The van der Waals surface area contributed by atoms with E-state index in [1.807, 2.05) is 0 Å². The second kappa shape index (κ2) is 34.0. The Morgan fingerprint density at radius 2 is 0.587 bits per heavy atom. The molecule has 0 saturated carbocycles. The van der Waals surface area contributed by atoms with E-state index in [2.05, 4.69) is 110 Å². The van der Waals surface area contributed by atoms with Crippen LogP contribution in [0.5, 0.6) is 11.5 Å². The number of nitrogens with zero attached hydrogens (tertiary/aromatic N) is 20. The highest BCUT2D eigenvalue weighted by Gasteiger charge is 2.32. The Morgan fingerprint density at radius 3 is 0.893 bits per heavy atom. The average molecular weight is 1730 g/mol. The zero-order chi connectivity index (χ0) is 87.0. The molecule has 8 aromatic carbocycles. The Kier molecular flexibility index (Phi) is 23.6. The zero-order valence-corrected chi connectivity index (χ0v) is 62.7. The SMILES string of the molecule is Cc1nc2cc(Cl)c(Cl)cc2n1-c1nc(N)nc(Nc2ccc(C(F)(F)F)cc2)n1.Cc1nc2cc(F)c(F)cc2n1-c1nc(N)nc(Nc2ccc(C(F)(F)F)cc2)n1.Cc1nc2cc(F)c(F)cc2n1-c1nc(N)nc(Nc2ccc(OC(F)F)c(F)c2)n1.Cc1nc2cc(F)c(F)cc2n1-c1nc(N)nc(Nc2ccc(OC(F)F)cc2)n1. The van der Waals surface area contributed by atoms with Gasteiger partial charge in [0.15, 0.2) is 46.5 Å². The lowest BCUT2D eigenvalue weighted by Crippen LogP contribution is -2.10. The first kappa shape index (κ1) is 84.0. The standard InChI is InChI=1S/C18H12Cl2F3N7.C18H12F5N7O.C18H12F5N7.C18H13F4N7O/c1-8-25-13-6-11(19)12(20)7-14(13)30(8)17-28-15(24)27-16(29-17)26-10-4-2-9(3-5-10)18(21,22)23;1-7-25-12-5-9(19)10(20)6-13(12)30(7)18-28-16(24)27-17(29-18)26-8-2-3-14(11(21)4-8)31-15(22)23;1-8-25-13-6-11(19)12(20)7-14(13)30(8)17-28-15(24)27-16(29-17)26-10-4-2-9(3-5-10)18(21,22)23;1-8-24-13-6-11(19)12(20)7-14(13)29(8)18-27-16(23)26-17(28-18)25-9-2-4-10(5-3-9)30-15(21)22/h2-7H,1H3,(H3,24,26,27,28,29);2-6,15H,1H3,(H3,24,26,27,28,29);2-7H,1H3,(H3,24,26,27,28,29);2-7,15H,1H3,(H3,23,25,26,27,28). The van der Waals surface area contributed by atoms with Crippen LogP contribution in [0.2, 0.25) is 10.0 Å². The van der Waals surface area contributed by atoms with Gasteiger partial charge in [0.25, 0.3) is 0 Å². The molecule has 16 aromatic rings. The topological polar surface area (TPSA) is 397 Å². The molecule has 0 aliphatic carbocycles. The summed E-state index contributed by atoms with van der Waals surface area (Å²) < 4.78 is 235. The highest BCUT2D eigenvalue weighted by molar-refractivity contribution is 6.42. The maximum Gasteiger partial charge on any atom is 0.416 e. The van der Waals surface area contributed by atoms with E-state index in [9.17, 15) is 74.6 Å². The first-order valence-corrected chi connectivity index (χ1v) is 34.7. The third-order valence-corrected chi connectivity index (χ3v) is 17.2. The highest BCUT2D eigenvalue weighted by atomic mass is 35.5. The molecule has 0 spiro atoms. The van der Waals surface area contributed by atoms with Crippen LogP contribution in [-0.2, 0) is 12.4 Å². The molecule has 16 rings (SSSR count). The molecule has 8 heterocycles. The minimum absolute atomic E-state index is 0.0128. The molecule has 0 atom stereocenters. The normalized spacial score (nSPS) is 11.5. The van der Waals surface area contributed by atoms with Gasteiger partial charge in [0.2, 0.25) is 71.4 Å². The van der Waals surface area contributed by atoms with Gasteiger partial charge in [-0.25, -0.2) is 50.7 Å². The van der Waals surface area contributed by atoms with Crippen LogP contribution >= 0.6 is 23.2 Å². The van der Waals surface area contributed by atoms with Crippen LogP contribution < -0.4 is 53.7 Å². The summed E-state index contributed by atoms with van der Waals surface area (Å²) in [5.41, 5.74) is 25.1. The van der Waals surface area contributed by atoms with Crippen molar-refractivity contribution in [1.29, 1.82) is 0 Å². The van der Waals surface area contributed by atoms with E-state index >= 15 is 0 Å². The summed E-state index contributed by atoms with van der Waals surface area (Å²) in [6.45, 7) is 0.403. The number of alkyl halides is 10. The Morgan fingerprint density at radius 1 is 0.314 bits per heavy atom. The summed E-state index contributed by atoms with van der Waals surface area (Å²) in [6.07, 6.45) is -8.88. The van der Waals surface area contributed by atoms with Gasteiger partial charge < -0.3 is 53.7 Å². The van der Waals surface area contributed by atoms with Crippen molar-refractivity contribution >= 4 is 138 Å². The molecular formula is C72H49Cl2F17N28O2. The van der Waals surface area contributed by atoms with Gasteiger partial charge in [0.1, 0.15) is 29.0 Å². The Bertz CT molecular complexity index is 6410. The average Bonchev–Trinajstić information content (AvgIpc) is 1.65. The number of nitrogens with one attached hydrogen (secondary N) is 4. The smallest absolute Gasteiger partial charge is 0.416 e. The van der Waals surface area contributed by atoms with Crippen LogP contribution in [0.4, 0.5) is 145 Å². The van der Waals surface area contributed by atoms with Gasteiger partial charge in [-0.1, -0.05) is 23.2 Å². The summed E-state index contributed by atoms with van der Waals surface area (Å²) in [4.78, 5) is 65.7. The number of aromatic nitrogens is 20.